The lowest BCUT2D eigenvalue weighted by molar-refractivity contribution is 0.263. The van der Waals surface area contributed by atoms with Gasteiger partial charge in [0.1, 0.15) is 5.75 Å². The van der Waals surface area contributed by atoms with E-state index in [0.29, 0.717) is 23.5 Å². The van der Waals surface area contributed by atoms with E-state index in [1.54, 1.807) is 6.07 Å². The number of rotatable bonds is 2. The van der Waals surface area contributed by atoms with Gasteiger partial charge in [0.15, 0.2) is 0 Å². The fraction of sp³-hybridized carbons (Fsp3) is 0.467. The van der Waals surface area contributed by atoms with Gasteiger partial charge in [-0.05, 0) is 32.4 Å². The fourth-order valence-electron chi connectivity index (χ4n) is 3.00. The number of likely N-dealkylation sites (tertiary alicyclic amines) is 1. The fourth-order valence-corrected chi connectivity index (χ4v) is 3.00. The Balaban J connectivity index is 2.10. The van der Waals surface area contributed by atoms with Crippen molar-refractivity contribution in [3.8, 4) is 5.75 Å². The number of hydrogen-bond donors (Lipinski definition) is 2. The molecule has 112 valence electrons. The van der Waals surface area contributed by atoms with Gasteiger partial charge >= 0.3 is 5.69 Å². The van der Waals surface area contributed by atoms with Crippen LogP contribution >= 0.6 is 0 Å². The van der Waals surface area contributed by atoms with Gasteiger partial charge < -0.3 is 10.1 Å². The van der Waals surface area contributed by atoms with Crippen LogP contribution < -0.4 is 11.2 Å². The van der Waals surface area contributed by atoms with E-state index < -0.39 is 5.69 Å². The zero-order valence-corrected chi connectivity index (χ0v) is 12.2. The molecule has 1 unspecified atom stereocenters. The molecular formula is C15H19N3O3. The number of aromatic nitrogens is 2. The Morgan fingerprint density at radius 3 is 2.76 bits per heavy atom. The zero-order valence-electron chi connectivity index (χ0n) is 12.2. The van der Waals surface area contributed by atoms with Gasteiger partial charge in [0.05, 0.1) is 16.9 Å². The lowest BCUT2D eigenvalue weighted by atomic mass is 10.2. The van der Waals surface area contributed by atoms with E-state index in [4.69, 9.17) is 0 Å². The molecule has 1 aromatic carbocycles. The summed E-state index contributed by atoms with van der Waals surface area (Å²) >= 11 is 0. The van der Waals surface area contributed by atoms with Crippen molar-refractivity contribution in [2.24, 2.45) is 0 Å². The molecule has 2 aromatic rings. The third-order valence-corrected chi connectivity index (χ3v) is 4.20. The number of H-pyrrole nitrogens is 1. The van der Waals surface area contributed by atoms with Crippen LogP contribution in [0.15, 0.2) is 27.8 Å². The van der Waals surface area contributed by atoms with Gasteiger partial charge in [-0.15, -0.1) is 0 Å². The summed E-state index contributed by atoms with van der Waals surface area (Å²) < 4.78 is 1.32. The Morgan fingerprint density at radius 2 is 2.10 bits per heavy atom. The van der Waals surface area contributed by atoms with E-state index in [2.05, 4.69) is 23.7 Å². The lowest BCUT2D eigenvalue weighted by Crippen LogP contribution is -2.39. The average Bonchev–Trinajstić information content (AvgIpc) is 2.87. The number of fused-ring (bicyclic) bond motifs is 1. The lowest BCUT2D eigenvalue weighted by Gasteiger charge is -2.20. The molecule has 1 aromatic heterocycles. The van der Waals surface area contributed by atoms with Crippen LogP contribution in [0.3, 0.4) is 0 Å². The van der Waals surface area contributed by atoms with Crippen molar-refractivity contribution in [3.05, 3.63) is 39.0 Å². The summed E-state index contributed by atoms with van der Waals surface area (Å²) in [6.07, 6.45) is 0.796. The first-order valence-electron chi connectivity index (χ1n) is 7.19. The van der Waals surface area contributed by atoms with E-state index in [1.807, 2.05) is 0 Å². The molecule has 2 N–H and O–H groups in total. The molecule has 1 aliphatic rings. The van der Waals surface area contributed by atoms with Gasteiger partial charge in [-0.25, -0.2) is 4.79 Å². The normalized spacial score (nSPS) is 19.7. The summed E-state index contributed by atoms with van der Waals surface area (Å²) in [6, 6.07) is 4.72. The molecule has 1 saturated heterocycles. The van der Waals surface area contributed by atoms with E-state index >= 15 is 0 Å². The van der Waals surface area contributed by atoms with Gasteiger partial charge in [-0.1, -0.05) is 0 Å². The molecule has 6 heteroatoms. The van der Waals surface area contributed by atoms with Crippen molar-refractivity contribution in [1.29, 1.82) is 0 Å². The highest BCUT2D eigenvalue weighted by Gasteiger charge is 2.28. The summed E-state index contributed by atoms with van der Waals surface area (Å²) in [5.41, 5.74) is -0.321. The minimum atomic E-state index is -0.409. The molecule has 0 bridgehead atoms. The smallest absolute Gasteiger partial charge is 0.329 e. The molecule has 0 radical (unpaired) electrons. The first-order valence-corrected chi connectivity index (χ1v) is 7.19. The Kier molecular flexibility index (Phi) is 3.33. The van der Waals surface area contributed by atoms with Crippen LogP contribution in [0.1, 0.15) is 26.3 Å². The summed E-state index contributed by atoms with van der Waals surface area (Å²) in [4.78, 5) is 29.8. The maximum Gasteiger partial charge on any atom is 0.329 e. The molecule has 21 heavy (non-hydrogen) atoms. The van der Waals surface area contributed by atoms with E-state index in [0.717, 1.165) is 13.0 Å². The van der Waals surface area contributed by atoms with Gasteiger partial charge in [0, 0.05) is 25.2 Å². The van der Waals surface area contributed by atoms with Crippen LogP contribution in [0.2, 0.25) is 0 Å². The minimum absolute atomic E-state index is 0.0298. The van der Waals surface area contributed by atoms with Crippen LogP contribution in [0.4, 0.5) is 0 Å². The Hall–Kier alpha value is -2.08. The van der Waals surface area contributed by atoms with Crippen molar-refractivity contribution in [1.82, 2.24) is 14.5 Å². The topological polar surface area (TPSA) is 78.3 Å². The van der Waals surface area contributed by atoms with Gasteiger partial charge in [-0.3, -0.25) is 14.3 Å². The standard InChI is InChI=1S/C15H19N3O3/c1-9(2)17-6-5-10(8-17)18-14(20)12-4-3-11(19)7-13(12)16-15(18)21/h3-4,7,9-10,19H,5-6,8H2,1-2H3,(H,16,21). The maximum atomic E-state index is 12.6. The van der Waals surface area contributed by atoms with E-state index in [1.165, 1.54) is 16.7 Å². The highest BCUT2D eigenvalue weighted by Crippen LogP contribution is 2.21. The second kappa shape index (κ2) is 5.04. The average molecular weight is 289 g/mol. The molecule has 3 rings (SSSR count). The number of nitrogens with one attached hydrogen (secondary N) is 1. The Bertz CT molecular complexity index is 791. The molecule has 0 aliphatic carbocycles. The van der Waals surface area contributed by atoms with Gasteiger partial charge in [-0.2, -0.15) is 0 Å². The maximum absolute atomic E-state index is 12.6. The Morgan fingerprint density at radius 1 is 1.33 bits per heavy atom. The molecule has 1 aliphatic heterocycles. The molecule has 0 spiro atoms. The largest absolute Gasteiger partial charge is 0.508 e. The number of benzene rings is 1. The molecule has 0 saturated carbocycles. The molecule has 0 amide bonds. The quantitative estimate of drug-likeness (QED) is 0.866. The highest BCUT2D eigenvalue weighted by molar-refractivity contribution is 5.78. The van der Waals surface area contributed by atoms with E-state index in [-0.39, 0.29) is 17.4 Å². The van der Waals surface area contributed by atoms with E-state index in [9.17, 15) is 14.7 Å². The van der Waals surface area contributed by atoms with Crippen molar-refractivity contribution >= 4 is 10.9 Å². The van der Waals surface area contributed by atoms with Crippen LogP contribution in [-0.4, -0.2) is 38.7 Å². The predicted molar refractivity (Wildman–Crippen MR) is 80.9 cm³/mol. The molecule has 1 fully saturated rings. The highest BCUT2D eigenvalue weighted by atomic mass is 16.3. The number of aromatic hydroxyl groups is 1. The summed E-state index contributed by atoms with van der Waals surface area (Å²) in [7, 11) is 0. The third kappa shape index (κ3) is 2.35. The molecule has 2 heterocycles. The van der Waals surface area contributed by atoms with Crippen LogP contribution in [0.25, 0.3) is 10.9 Å². The number of aromatic amines is 1. The number of phenols is 1. The second-order valence-electron chi connectivity index (χ2n) is 5.87. The van der Waals surface area contributed by atoms with Crippen molar-refractivity contribution in [3.63, 3.8) is 0 Å². The third-order valence-electron chi connectivity index (χ3n) is 4.20. The molecule has 6 nitrogen and oxygen atoms in total. The van der Waals surface area contributed by atoms with Gasteiger partial charge in [0.2, 0.25) is 0 Å². The second-order valence-corrected chi connectivity index (χ2v) is 5.87. The van der Waals surface area contributed by atoms with Crippen molar-refractivity contribution in [2.45, 2.75) is 32.4 Å². The van der Waals surface area contributed by atoms with Crippen LogP contribution in [0.5, 0.6) is 5.75 Å². The Labute approximate surface area is 121 Å². The van der Waals surface area contributed by atoms with Gasteiger partial charge in [0.25, 0.3) is 5.56 Å². The number of phenolic OH excluding ortho intramolecular Hbond substituents is 1. The predicted octanol–water partition coefficient (Wildman–Crippen LogP) is 1.05. The van der Waals surface area contributed by atoms with Crippen LogP contribution in [0, 0.1) is 0 Å². The molecule has 1 atom stereocenters. The van der Waals surface area contributed by atoms with Crippen molar-refractivity contribution < 1.29 is 5.11 Å². The minimum Gasteiger partial charge on any atom is -0.508 e. The number of hydrogen-bond acceptors (Lipinski definition) is 4. The first-order chi connectivity index (χ1) is 9.97. The summed E-state index contributed by atoms with van der Waals surface area (Å²) in [5.74, 6) is 0.0298. The summed E-state index contributed by atoms with van der Waals surface area (Å²) in [6.45, 7) is 5.82. The monoisotopic (exact) mass is 289 g/mol. The summed E-state index contributed by atoms with van der Waals surface area (Å²) in [5, 5.41) is 9.88. The SMILES string of the molecule is CC(C)N1CCC(n2c(=O)[nH]c3cc(O)ccc3c2=O)C1. The zero-order chi connectivity index (χ0) is 15.1. The first kappa shape index (κ1) is 13.9. The van der Waals surface area contributed by atoms with Crippen molar-refractivity contribution in [2.75, 3.05) is 13.1 Å². The number of nitrogens with zero attached hydrogens (tertiary/aromatic N) is 2. The molecular weight excluding hydrogens is 270 g/mol. The van der Waals surface area contributed by atoms with Crippen LogP contribution in [-0.2, 0) is 0 Å².